The van der Waals surface area contributed by atoms with Gasteiger partial charge in [-0.1, -0.05) is 45.0 Å². The number of amides is 1. The molecule has 0 aliphatic rings. The normalized spacial score (nSPS) is 11.5. The lowest BCUT2D eigenvalue weighted by Crippen LogP contribution is -2.33. The van der Waals surface area contributed by atoms with Gasteiger partial charge in [0.15, 0.2) is 0 Å². The second-order valence-corrected chi connectivity index (χ2v) is 9.49. The molecule has 0 fully saturated rings. The van der Waals surface area contributed by atoms with Gasteiger partial charge in [0.1, 0.15) is 6.07 Å². The Morgan fingerprint density at radius 1 is 1.11 bits per heavy atom. The highest BCUT2D eigenvalue weighted by Crippen LogP contribution is 2.26. The molecule has 0 unspecified atom stereocenters. The molecule has 0 saturated carbocycles. The van der Waals surface area contributed by atoms with Gasteiger partial charge >= 0.3 is 0 Å². The molecule has 0 saturated heterocycles. The largest absolute Gasteiger partial charge is 0.325 e. The van der Waals surface area contributed by atoms with E-state index in [9.17, 15) is 13.2 Å². The fourth-order valence-corrected chi connectivity index (χ4v) is 3.65. The quantitative estimate of drug-likeness (QED) is 0.803. The highest BCUT2D eigenvalue weighted by atomic mass is 32.2. The van der Waals surface area contributed by atoms with Gasteiger partial charge in [-0.25, -0.2) is 8.42 Å². The van der Waals surface area contributed by atoms with Crippen LogP contribution in [0.15, 0.2) is 48.5 Å². The van der Waals surface area contributed by atoms with Crippen LogP contribution in [0.25, 0.3) is 0 Å². The van der Waals surface area contributed by atoms with Crippen molar-refractivity contribution in [3.05, 3.63) is 59.7 Å². The van der Waals surface area contributed by atoms with Gasteiger partial charge in [-0.2, -0.15) is 5.26 Å². The summed E-state index contributed by atoms with van der Waals surface area (Å²) in [6.45, 7) is 6.26. The third-order valence-corrected chi connectivity index (χ3v) is 5.48. The number of benzene rings is 2. The van der Waals surface area contributed by atoms with Gasteiger partial charge in [-0.15, -0.1) is 0 Å². The van der Waals surface area contributed by atoms with E-state index >= 15 is 0 Å². The van der Waals surface area contributed by atoms with Crippen LogP contribution in [0.5, 0.6) is 0 Å². The number of nitrogens with zero attached hydrogens (tertiary/aromatic N) is 2. The van der Waals surface area contributed by atoms with Gasteiger partial charge in [0.25, 0.3) is 0 Å². The molecule has 0 heterocycles. The summed E-state index contributed by atoms with van der Waals surface area (Å²) < 4.78 is 25.7. The highest BCUT2D eigenvalue weighted by Gasteiger charge is 2.20. The van der Waals surface area contributed by atoms with Gasteiger partial charge < -0.3 is 5.32 Å². The molecule has 0 aliphatic heterocycles. The number of para-hydroxylation sites is 1. The van der Waals surface area contributed by atoms with Crippen LogP contribution in [-0.2, 0) is 20.2 Å². The first-order valence-corrected chi connectivity index (χ1v) is 10.7. The van der Waals surface area contributed by atoms with Crippen LogP contribution in [0.2, 0.25) is 0 Å². The summed E-state index contributed by atoms with van der Waals surface area (Å²) in [7, 11) is -3.55. The predicted octanol–water partition coefficient (Wildman–Crippen LogP) is 3.65. The molecular weight excluding hydrogens is 374 g/mol. The first kappa shape index (κ1) is 21.5. The summed E-state index contributed by atoms with van der Waals surface area (Å²) in [5.41, 5.74) is 2.34. The Labute approximate surface area is 166 Å². The Balaban J connectivity index is 2.13. The van der Waals surface area contributed by atoms with Crippen molar-refractivity contribution in [3.63, 3.8) is 0 Å². The molecule has 2 rings (SSSR count). The van der Waals surface area contributed by atoms with Crippen molar-refractivity contribution in [3.8, 4) is 6.07 Å². The van der Waals surface area contributed by atoms with E-state index in [1.165, 1.54) is 4.31 Å². The molecule has 2 aromatic rings. The van der Waals surface area contributed by atoms with Crippen molar-refractivity contribution in [1.29, 1.82) is 5.26 Å². The summed E-state index contributed by atoms with van der Waals surface area (Å²) in [6.07, 6.45) is 1.08. The van der Waals surface area contributed by atoms with E-state index in [0.29, 0.717) is 16.9 Å². The molecule has 6 nitrogen and oxygen atoms in total. The van der Waals surface area contributed by atoms with E-state index < -0.39 is 10.0 Å². The van der Waals surface area contributed by atoms with Gasteiger partial charge in [-0.3, -0.25) is 9.10 Å². The van der Waals surface area contributed by atoms with Crippen molar-refractivity contribution in [2.75, 3.05) is 22.4 Å². The predicted molar refractivity (Wildman–Crippen MR) is 112 cm³/mol. The van der Waals surface area contributed by atoms with Gasteiger partial charge in [0.2, 0.25) is 15.9 Å². The van der Waals surface area contributed by atoms with Gasteiger partial charge in [-0.05, 0) is 35.2 Å². The zero-order valence-electron chi connectivity index (χ0n) is 16.6. The Morgan fingerprint density at radius 2 is 1.71 bits per heavy atom. The van der Waals surface area contributed by atoms with E-state index in [4.69, 9.17) is 5.26 Å². The zero-order chi connectivity index (χ0) is 20.9. The Morgan fingerprint density at radius 3 is 2.25 bits per heavy atom. The third-order valence-electron chi connectivity index (χ3n) is 4.29. The lowest BCUT2D eigenvalue weighted by molar-refractivity contribution is -0.116. The molecule has 0 bridgehead atoms. The molecular formula is C21H25N3O3S. The number of sulfonamides is 1. The molecule has 0 aromatic heterocycles. The molecule has 148 valence electrons. The average molecular weight is 400 g/mol. The summed E-state index contributed by atoms with van der Waals surface area (Å²) in [5, 5.41) is 11.8. The number of hydrogen-bond donors (Lipinski definition) is 1. The molecule has 0 atom stereocenters. The van der Waals surface area contributed by atoms with Crippen LogP contribution in [0, 0.1) is 11.3 Å². The summed E-state index contributed by atoms with van der Waals surface area (Å²) >= 11 is 0. The Hall–Kier alpha value is -2.85. The summed E-state index contributed by atoms with van der Waals surface area (Å²) in [4.78, 5) is 12.3. The maximum Gasteiger partial charge on any atom is 0.232 e. The number of hydrogen-bond acceptors (Lipinski definition) is 4. The average Bonchev–Trinajstić information content (AvgIpc) is 2.61. The topological polar surface area (TPSA) is 90.3 Å². The van der Waals surface area contributed by atoms with E-state index in [2.05, 4.69) is 26.1 Å². The van der Waals surface area contributed by atoms with E-state index in [1.54, 1.807) is 36.4 Å². The van der Waals surface area contributed by atoms with Crippen LogP contribution in [0.4, 0.5) is 11.4 Å². The number of carbonyl (C=O) groups is 1. The molecule has 28 heavy (non-hydrogen) atoms. The van der Waals surface area contributed by atoms with E-state index in [0.717, 1.165) is 11.8 Å². The maximum atomic E-state index is 12.3. The minimum absolute atomic E-state index is 0.00819. The SMILES string of the molecule is CC(C)(C)c1ccc(N(CCC(=O)Nc2ccccc2C#N)S(C)(=O)=O)cc1. The van der Waals surface area contributed by atoms with E-state index in [1.807, 2.05) is 18.2 Å². The lowest BCUT2D eigenvalue weighted by Gasteiger charge is -2.24. The number of nitrogens with one attached hydrogen (secondary N) is 1. The minimum atomic E-state index is -3.55. The molecule has 0 radical (unpaired) electrons. The zero-order valence-corrected chi connectivity index (χ0v) is 17.4. The van der Waals surface area contributed by atoms with Crippen LogP contribution in [0.1, 0.15) is 38.3 Å². The van der Waals surface area contributed by atoms with Gasteiger partial charge in [0, 0.05) is 13.0 Å². The number of nitriles is 1. The Kier molecular flexibility index (Phi) is 6.47. The van der Waals surface area contributed by atoms with Crippen LogP contribution in [0.3, 0.4) is 0 Å². The molecule has 1 amide bonds. The van der Waals surface area contributed by atoms with Crippen LogP contribution < -0.4 is 9.62 Å². The smallest absolute Gasteiger partial charge is 0.232 e. The van der Waals surface area contributed by atoms with Crippen LogP contribution >= 0.6 is 0 Å². The maximum absolute atomic E-state index is 12.3. The summed E-state index contributed by atoms with van der Waals surface area (Å²) in [6, 6.07) is 16.0. The molecule has 0 spiro atoms. The fourth-order valence-electron chi connectivity index (χ4n) is 2.72. The lowest BCUT2D eigenvalue weighted by atomic mass is 9.87. The number of carbonyl (C=O) groups excluding carboxylic acids is 1. The van der Waals surface area contributed by atoms with Crippen molar-refractivity contribution in [2.45, 2.75) is 32.6 Å². The third kappa shape index (κ3) is 5.57. The number of anilines is 2. The van der Waals surface area contributed by atoms with Crippen LogP contribution in [-0.4, -0.2) is 27.1 Å². The molecule has 0 aliphatic carbocycles. The highest BCUT2D eigenvalue weighted by molar-refractivity contribution is 7.92. The number of rotatable bonds is 6. The van der Waals surface area contributed by atoms with Crippen molar-refractivity contribution in [1.82, 2.24) is 0 Å². The minimum Gasteiger partial charge on any atom is -0.325 e. The molecule has 7 heteroatoms. The standard InChI is InChI=1S/C21H25N3O3S/c1-21(2,3)17-9-11-18(12-10-17)24(28(4,26)27)14-13-20(25)23-19-8-6-5-7-16(19)15-22/h5-12H,13-14H2,1-4H3,(H,23,25). The summed E-state index contributed by atoms with van der Waals surface area (Å²) in [5.74, 6) is -0.359. The first-order chi connectivity index (χ1) is 13.0. The monoisotopic (exact) mass is 399 g/mol. The Bertz CT molecular complexity index is 985. The second-order valence-electron chi connectivity index (χ2n) is 7.59. The van der Waals surface area contributed by atoms with E-state index in [-0.39, 0.29) is 24.3 Å². The molecule has 1 N–H and O–H groups in total. The van der Waals surface area contributed by atoms with Crippen molar-refractivity contribution < 1.29 is 13.2 Å². The fraction of sp³-hybridized carbons (Fsp3) is 0.333. The van der Waals surface area contributed by atoms with Crippen molar-refractivity contribution in [2.24, 2.45) is 0 Å². The first-order valence-electron chi connectivity index (χ1n) is 8.89. The second kappa shape index (κ2) is 8.44. The van der Waals surface area contributed by atoms with Crippen molar-refractivity contribution >= 4 is 27.3 Å². The van der Waals surface area contributed by atoms with Gasteiger partial charge in [0.05, 0.1) is 23.2 Å². The molecule has 2 aromatic carbocycles.